The Morgan fingerprint density at radius 2 is 1.84 bits per heavy atom. The van der Waals surface area contributed by atoms with Crippen molar-refractivity contribution in [1.82, 2.24) is 0 Å². The molecule has 0 saturated carbocycles. The molecule has 2 aromatic carbocycles. The summed E-state index contributed by atoms with van der Waals surface area (Å²) in [5.74, 6) is 0. The van der Waals surface area contributed by atoms with Crippen LogP contribution in [0.15, 0.2) is 63.8 Å². The highest BCUT2D eigenvalue weighted by Crippen LogP contribution is 2.27. The average Bonchev–Trinajstić information content (AvgIpc) is 2.46. The molecule has 19 heavy (non-hydrogen) atoms. The van der Waals surface area contributed by atoms with E-state index in [1.165, 1.54) is 6.07 Å². The van der Waals surface area contributed by atoms with Gasteiger partial charge in [0, 0.05) is 11.5 Å². The molecule has 0 spiro atoms. The Morgan fingerprint density at radius 1 is 1.00 bits per heavy atom. The number of rotatable bonds is 1. The van der Waals surface area contributed by atoms with Crippen LogP contribution in [0.25, 0.3) is 22.1 Å². The molecule has 3 nitrogen and oxygen atoms in total. The Morgan fingerprint density at radius 3 is 2.68 bits per heavy atom. The van der Waals surface area contributed by atoms with Crippen molar-refractivity contribution >= 4 is 11.0 Å². The van der Waals surface area contributed by atoms with Crippen molar-refractivity contribution in [3.8, 4) is 17.2 Å². The van der Waals surface area contributed by atoms with E-state index in [4.69, 9.17) is 9.68 Å². The molecular formula is C16H9NO2. The number of hydrogen-bond acceptors (Lipinski definition) is 3. The highest BCUT2D eigenvalue weighted by atomic mass is 16.4. The molecule has 0 saturated heterocycles. The average molecular weight is 247 g/mol. The SMILES string of the molecule is N#Cc1cccc(-c2cc(=O)oc3ccccc23)c1. The summed E-state index contributed by atoms with van der Waals surface area (Å²) in [6.45, 7) is 0. The van der Waals surface area contributed by atoms with Crippen LogP contribution in [0.3, 0.4) is 0 Å². The lowest BCUT2D eigenvalue weighted by Gasteiger charge is -2.05. The van der Waals surface area contributed by atoms with Gasteiger partial charge in [-0.15, -0.1) is 0 Å². The first-order valence-corrected chi connectivity index (χ1v) is 5.81. The zero-order valence-electron chi connectivity index (χ0n) is 9.96. The quantitative estimate of drug-likeness (QED) is 0.620. The molecule has 0 aliphatic heterocycles. The lowest BCUT2D eigenvalue weighted by Crippen LogP contribution is -1.98. The largest absolute Gasteiger partial charge is 0.423 e. The summed E-state index contributed by atoms with van der Waals surface area (Å²) in [4.78, 5) is 11.6. The lowest BCUT2D eigenvalue weighted by atomic mass is 10.0. The van der Waals surface area contributed by atoms with Crippen LogP contribution < -0.4 is 5.63 Å². The van der Waals surface area contributed by atoms with E-state index in [9.17, 15) is 4.79 Å². The maximum absolute atomic E-state index is 11.6. The van der Waals surface area contributed by atoms with Gasteiger partial charge in [-0.3, -0.25) is 0 Å². The number of fused-ring (bicyclic) bond motifs is 1. The van der Waals surface area contributed by atoms with Crippen LogP contribution in [0, 0.1) is 11.3 Å². The van der Waals surface area contributed by atoms with Gasteiger partial charge in [-0.1, -0.05) is 30.3 Å². The van der Waals surface area contributed by atoms with Crippen molar-refractivity contribution in [1.29, 1.82) is 5.26 Å². The Bertz CT molecular complexity index is 856. The molecule has 0 fully saturated rings. The molecular weight excluding hydrogens is 238 g/mol. The standard InChI is InChI=1S/C16H9NO2/c17-10-11-4-3-5-12(8-11)14-9-16(18)19-15-7-2-1-6-13(14)15/h1-9H. The van der Waals surface area contributed by atoms with Crippen LogP contribution in [0.5, 0.6) is 0 Å². The first-order valence-electron chi connectivity index (χ1n) is 5.81. The van der Waals surface area contributed by atoms with Gasteiger partial charge in [0.1, 0.15) is 5.58 Å². The number of para-hydroxylation sites is 1. The van der Waals surface area contributed by atoms with Crippen LogP contribution in [-0.4, -0.2) is 0 Å². The fraction of sp³-hybridized carbons (Fsp3) is 0. The van der Waals surface area contributed by atoms with E-state index in [0.29, 0.717) is 11.1 Å². The smallest absolute Gasteiger partial charge is 0.336 e. The maximum atomic E-state index is 11.6. The van der Waals surface area contributed by atoms with E-state index in [1.807, 2.05) is 24.3 Å². The lowest BCUT2D eigenvalue weighted by molar-refractivity contribution is 0.561. The topological polar surface area (TPSA) is 54.0 Å². The first-order chi connectivity index (χ1) is 9.28. The van der Waals surface area contributed by atoms with E-state index in [-0.39, 0.29) is 0 Å². The van der Waals surface area contributed by atoms with Crippen molar-refractivity contribution in [2.75, 3.05) is 0 Å². The molecule has 0 amide bonds. The molecule has 0 unspecified atom stereocenters. The van der Waals surface area contributed by atoms with Crippen molar-refractivity contribution in [3.05, 3.63) is 70.6 Å². The van der Waals surface area contributed by atoms with Gasteiger partial charge in [0.25, 0.3) is 0 Å². The van der Waals surface area contributed by atoms with Gasteiger partial charge in [0.15, 0.2) is 0 Å². The monoisotopic (exact) mass is 247 g/mol. The van der Waals surface area contributed by atoms with Gasteiger partial charge >= 0.3 is 5.63 Å². The Balaban J connectivity index is 2.36. The first kappa shape index (κ1) is 11.2. The minimum absolute atomic E-state index is 0.393. The molecule has 0 radical (unpaired) electrons. The molecule has 0 bridgehead atoms. The predicted molar refractivity (Wildman–Crippen MR) is 72.6 cm³/mol. The van der Waals surface area contributed by atoms with Crippen LogP contribution in [0.1, 0.15) is 5.56 Å². The number of benzene rings is 2. The molecule has 0 aliphatic carbocycles. The van der Waals surface area contributed by atoms with Crippen LogP contribution in [0.4, 0.5) is 0 Å². The Hall–Kier alpha value is -2.86. The summed E-state index contributed by atoms with van der Waals surface area (Å²) in [6.07, 6.45) is 0. The summed E-state index contributed by atoms with van der Waals surface area (Å²) in [5.41, 5.74) is 2.34. The fourth-order valence-electron chi connectivity index (χ4n) is 2.11. The zero-order chi connectivity index (χ0) is 13.2. The second kappa shape index (κ2) is 4.43. The number of nitrogens with zero attached hydrogens (tertiary/aromatic N) is 1. The van der Waals surface area contributed by atoms with Crippen molar-refractivity contribution in [2.45, 2.75) is 0 Å². The third-order valence-electron chi connectivity index (χ3n) is 2.95. The van der Waals surface area contributed by atoms with Gasteiger partial charge in [-0.05, 0) is 29.3 Å². The van der Waals surface area contributed by atoms with Crippen molar-refractivity contribution in [2.24, 2.45) is 0 Å². The second-order valence-corrected chi connectivity index (χ2v) is 4.17. The summed E-state index contributed by atoms with van der Waals surface area (Å²) in [5, 5.41) is 9.81. The van der Waals surface area contributed by atoms with E-state index in [2.05, 4.69) is 6.07 Å². The maximum Gasteiger partial charge on any atom is 0.336 e. The van der Waals surface area contributed by atoms with Gasteiger partial charge in [-0.2, -0.15) is 5.26 Å². The van der Waals surface area contributed by atoms with E-state index < -0.39 is 5.63 Å². The minimum Gasteiger partial charge on any atom is -0.423 e. The molecule has 0 aliphatic rings. The molecule has 90 valence electrons. The predicted octanol–water partition coefficient (Wildman–Crippen LogP) is 3.33. The molecule has 1 aromatic heterocycles. The van der Waals surface area contributed by atoms with E-state index >= 15 is 0 Å². The summed E-state index contributed by atoms with van der Waals surface area (Å²) < 4.78 is 5.16. The molecule has 0 N–H and O–H groups in total. The Kier molecular flexibility index (Phi) is 2.62. The van der Waals surface area contributed by atoms with Gasteiger partial charge in [-0.25, -0.2) is 4.79 Å². The molecule has 1 heterocycles. The highest BCUT2D eigenvalue weighted by molar-refractivity contribution is 5.93. The normalized spacial score (nSPS) is 10.3. The molecule has 3 rings (SSSR count). The van der Waals surface area contributed by atoms with Crippen LogP contribution in [-0.2, 0) is 0 Å². The fourth-order valence-corrected chi connectivity index (χ4v) is 2.11. The third kappa shape index (κ3) is 2.00. The number of nitriles is 1. The Labute approximate surface area is 109 Å². The summed E-state index contributed by atoms with van der Waals surface area (Å²) in [6, 6.07) is 18.1. The number of hydrogen-bond donors (Lipinski definition) is 0. The highest BCUT2D eigenvalue weighted by Gasteiger charge is 2.07. The zero-order valence-corrected chi connectivity index (χ0v) is 9.96. The van der Waals surface area contributed by atoms with Crippen molar-refractivity contribution < 1.29 is 4.42 Å². The van der Waals surface area contributed by atoms with E-state index in [1.54, 1.807) is 24.3 Å². The summed E-state index contributed by atoms with van der Waals surface area (Å²) in [7, 11) is 0. The van der Waals surface area contributed by atoms with Crippen LogP contribution >= 0.6 is 0 Å². The van der Waals surface area contributed by atoms with Crippen LogP contribution in [0.2, 0.25) is 0 Å². The van der Waals surface area contributed by atoms with Gasteiger partial charge < -0.3 is 4.42 Å². The van der Waals surface area contributed by atoms with Gasteiger partial charge in [0.2, 0.25) is 0 Å². The van der Waals surface area contributed by atoms with Crippen molar-refractivity contribution in [3.63, 3.8) is 0 Å². The molecule has 3 aromatic rings. The van der Waals surface area contributed by atoms with Gasteiger partial charge in [0.05, 0.1) is 11.6 Å². The molecule has 0 atom stereocenters. The second-order valence-electron chi connectivity index (χ2n) is 4.17. The third-order valence-corrected chi connectivity index (χ3v) is 2.95. The molecule has 3 heteroatoms. The summed E-state index contributed by atoms with van der Waals surface area (Å²) >= 11 is 0. The minimum atomic E-state index is -0.393. The van der Waals surface area contributed by atoms with E-state index in [0.717, 1.165) is 16.5 Å².